The van der Waals surface area contributed by atoms with Crippen molar-refractivity contribution in [2.45, 2.75) is 31.6 Å². The van der Waals surface area contributed by atoms with Crippen LogP contribution in [0.3, 0.4) is 0 Å². The largest absolute Gasteiger partial charge is 0.456 e. The van der Waals surface area contributed by atoms with Crippen LogP contribution in [0.25, 0.3) is 82.8 Å². The van der Waals surface area contributed by atoms with Gasteiger partial charge in [-0.3, -0.25) is 0 Å². The highest BCUT2D eigenvalue weighted by atomic mass is 16.3. The van der Waals surface area contributed by atoms with Crippen molar-refractivity contribution >= 4 is 60.8 Å². The van der Waals surface area contributed by atoms with Crippen LogP contribution in [0, 0.1) is 0 Å². The standard InChI is InChI=1S/C71H52N2O/c1-70(2,3)50-41-38-48(39-42-50)56-31-18-33-62-68(56)59-30-10-13-32-61(59)71(62,51-22-8-5-9-23-51)52-24-16-25-53(45-52)72(54-26-17-27-55(46-54)73-63-34-14-11-28-57(63)58-29-12-15-35-64(58)73)65-36-19-37-67-69(65)60-44-49(40-43-66(60)74-67)47-20-6-4-7-21-47/h4-46H,1-3H3. The SMILES string of the molecule is CC(C)(C)c1ccc(-c2cccc3c2-c2ccccc2C3(c2ccccc2)c2cccc(N(c3cccc(-n4c5ccccc5c5ccccc54)c3)c3cccc4oc5ccc(-c6ccccc6)cc5c34)c2)cc1. The summed E-state index contributed by atoms with van der Waals surface area (Å²) in [5.74, 6) is 0. The van der Waals surface area contributed by atoms with E-state index in [1.54, 1.807) is 0 Å². The fourth-order valence-electron chi connectivity index (χ4n) is 12.3. The molecule has 2 heterocycles. The predicted molar refractivity (Wildman–Crippen MR) is 310 cm³/mol. The van der Waals surface area contributed by atoms with Crippen LogP contribution in [0.15, 0.2) is 265 Å². The molecule has 1 aliphatic carbocycles. The van der Waals surface area contributed by atoms with Crippen molar-refractivity contribution in [3.63, 3.8) is 0 Å². The Morgan fingerprint density at radius 1 is 0.405 bits per heavy atom. The fourth-order valence-corrected chi connectivity index (χ4v) is 12.3. The Morgan fingerprint density at radius 3 is 1.76 bits per heavy atom. The Labute approximate surface area is 431 Å². The molecule has 74 heavy (non-hydrogen) atoms. The highest BCUT2D eigenvalue weighted by Gasteiger charge is 2.47. The molecular formula is C71H52N2O. The Balaban J connectivity index is 1.03. The summed E-state index contributed by atoms with van der Waals surface area (Å²) in [6.45, 7) is 6.85. The van der Waals surface area contributed by atoms with E-state index in [0.717, 1.165) is 55.8 Å². The summed E-state index contributed by atoms with van der Waals surface area (Å²) in [6.07, 6.45) is 0. The maximum absolute atomic E-state index is 6.78. The summed E-state index contributed by atoms with van der Waals surface area (Å²) in [6, 6.07) is 96.1. The number of hydrogen-bond acceptors (Lipinski definition) is 2. The third-order valence-corrected chi connectivity index (χ3v) is 15.6. The third-order valence-electron chi connectivity index (χ3n) is 15.6. The number of anilines is 3. The molecule has 3 nitrogen and oxygen atoms in total. The van der Waals surface area contributed by atoms with E-state index >= 15 is 0 Å². The maximum atomic E-state index is 6.78. The maximum Gasteiger partial charge on any atom is 0.137 e. The van der Waals surface area contributed by atoms with Gasteiger partial charge in [0.25, 0.3) is 0 Å². The summed E-state index contributed by atoms with van der Waals surface area (Å²) in [4.78, 5) is 2.46. The van der Waals surface area contributed by atoms with Crippen LogP contribution in [-0.4, -0.2) is 4.57 Å². The fraction of sp³-hybridized carbons (Fsp3) is 0.0704. The first-order valence-corrected chi connectivity index (χ1v) is 25.7. The highest BCUT2D eigenvalue weighted by molar-refractivity contribution is 6.14. The number of hydrogen-bond donors (Lipinski definition) is 0. The molecule has 0 saturated heterocycles. The molecule has 0 spiro atoms. The van der Waals surface area contributed by atoms with Crippen LogP contribution in [0.4, 0.5) is 17.1 Å². The van der Waals surface area contributed by atoms with Crippen LogP contribution < -0.4 is 4.90 Å². The first kappa shape index (κ1) is 43.6. The quantitative estimate of drug-likeness (QED) is 0.151. The molecule has 1 atom stereocenters. The van der Waals surface area contributed by atoms with Gasteiger partial charge in [-0.05, 0) is 133 Å². The first-order chi connectivity index (χ1) is 36.3. The van der Waals surface area contributed by atoms with Gasteiger partial charge in [0.15, 0.2) is 0 Å². The number of nitrogens with zero attached hydrogens (tertiary/aromatic N) is 2. The summed E-state index contributed by atoms with van der Waals surface area (Å²) in [7, 11) is 0. The van der Waals surface area contributed by atoms with Crippen LogP contribution in [0.5, 0.6) is 0 Å². The molecule has 1 aliphatic rings. The number of aromatic nitrogens is 1. The molecule has 0 radical (unpaired) electrons. The van der Waals surface area contributed by atoms with Gasteiger partial charge >= 0.3 is 0 Å². The lowest BCUT2D eigenvalue weighted by molar-refractivity contribution is 0.590. The minimum Gasteiger partial charge on any atom is -0.456 e. The van der Waals surface area contributed by atoms with Gasteiger partial charge in [0.05, 0.1) is 27.5 Å². The molecule has 0 saturated carbocycles. The predicted octanol–water partition coefficient (Wildman–Crippen LogP) is 19.1. The molecule has 11 aromatic carbocycles. The third kappa shape index (κ3) is 6.73. The summed E-state index contributed by atoms with van der Waals surface area (Å²) in [5.41, 5.74) is 21.2. The zero-order valence-corrected chi connectivity index (χ0v) is 41.6. The Kier molecular flexibility index (Phi) is 10.00. The van der Waals surface area contributed by atoms with Gasteiger partial charge in [-0.2, -0.15) is 0 Å². The monoisotopic (exact) mass is 948 g/mol. The average molecular weight is 949 g/mol. The molecule has 0 bridgehead atoms. The normalized spacial score (nSPS) is 14.2. The highest BCUT2D eigenvalue weighted by Crippen LogP contribution is 2.59. The van der Waals surface area contributed by atoms with Gasteiger partial charge in [-0.25, -0.2) is 0 Å². The van der Waals surface area contributed by atoms with Crippen molar-refractivity contribution in [2.75, 3.05) is 4.90 Å². The number of fused-ring (bicyclic) bond motifs is 9. The van der Waals surface area contributed by atoms with E-state index in [1.807, 2.05) is 0 Å². The average Bonchev–Trinajstić information content (AvgIpc) is 4.12. The van der Waals surface area contributed by atoms with Crippen LogP contribution in [0.1, 0.15) is 48.6 Å². The van der Waals surface area contributed by atoms with E-state index in [2.05, 4.69) is 291 Å². The van der Waals surface area contributed by atoms with E-state index < -0.39 is 5.41 Å². The van der Waals surface area contributed by atoms with Crippen molar-refractivity contribution in [3.8, 4) is 39.1 Å². The number of rotatable bonds is 8. The molecule has 0 amide bonds. The molecule has 352 valence electrons. The topological polar surface area (TPSA) is 21.3 Å². The van der Waals surface area contributed by atoms with Gasteiger partial charge < -0.3 is 13.9 Å². The van der Waals surface area contributed by atoms with Gasteiger partial charge in [0.1, 0.15) is 11.2 Å². The molecule has 14 rings (SSSR count). The van der Waals surface area contributed by atoms with E-state index in [4.69, 9.17) is 4.42 Å². The number of para-hydroxylation sites is 2. The molecule has 1 unspecified atom stereocenters. The minimum absolute atomic E-state index is 0.0544. The van der Waals surface area contributed by atoms with Crippen molar-refractivity contribution in [1.29, 1.82) is 0 Å². The van der Waals surface area contributed by atoms with E-state index in [0.29, 0.717) is 0 Å². The Hall–Kier alpha value is -9.18. The zero-order chi connectivity index (χ0) is 49.5. The van der Waals surface area contributed by atoms with Crippen LogP contribution in [0.2, 0.25) is 0 Å². The Bertz CT molecular complexity index is 4230. The molecule has 0 fully saturated rings. The van der Waals surface area contributed by atoms with Crippen molar-refractivity contribution < 1.29 is 4.42 Å². The minimum atomic E-state index is -0.653. The molecule has 3 heteroatoms. The second kappa shape index (κ2) is 17.0. The van der Waals surface area contributed by atoms with E-state index in [9.17, 15) is 0 Å². The smallest absolute Gasteiger partial charge is 0.137 e. The number of furan rings is 1. The molecule has 2 aromatic heterocycles. The van der Waals surface area contributed by atoms with E-state index in [-0.39, 0.29) is 5.41 Å². The molecular weight excluding hydrogens is 897 g/mol. The Morgan fingerprint density at radius 2 is 1.00 bits per heavy atom. The lowest BCUT2D eigenvalue weighted by Gasteiger charge is -2.35. The first-order valence-electron chi connectivity index (χ1n) is 25.7. The van der Waals surface area contributed by atoms with Crippen molar-refractivity contribution in [1.82, 2.24) is 4.57 Å². The second-order valence-corrected chi connectivity index (χ2v) is 20.8. The summed E-state index contributed by atoms with van der Waals surface area (Å²) in [5, 5.41) is 4.59. The molecule has 0 N–H and O–H groups in total. The van der Waals surface area contributed by atoms with Crippen LogP contribution in [-0.2, 0) is 10.8 Å². The lowest BCUT2D eigenvalue weighted by Crippen LogP contribution is -2.29. The zero-order valence-electron chi connectivity index (χ0n) is 41.6. The summed E-state index contributed by atoms with van der Waals surface area (Å²) >= 11 is 0. The summed E-state index contributed by atoms with van der Waals surface area (Å²) < 4.78 is 9.19. The van der Waals surface area contributed by atoms with Gasteiger partial charge in [-0.1, -0.05) is 215 Å². The van der Waals surface area contributed by atoms with Gasteiger partial charge in [0.2, 0.25) is 0 Å². The van der Waals surface area contributed by atoms with Gasteiger partial charge in [-0.15, -0.1) is 0 Å². The van der Waals surface area contributed by atoms with Crippen LogP contribution >= 0.6 is 0 Å². The lowest BCUT2D eigenvalue weighted by atomic mass is 9.67. The van der Waals surface area contributed by atoms with E-state index in [1.165, 1.54) is 71.9 Å². The second-order valence-electron chi connectivity index (χ2n) is 20.8. The van der Waals surface area contributed by atoms with Gasteiger partial charge in [0, 0.05) is 33.2 Å². The van der Waals surface area contributed by atoms with Crippen molar-refractivity contribution in [3.05, 3.63) is 289 Å². The van der Waals surface area contributed by atoms with Crippen molar-refractivity contribution in [2.24, 2.45) is 0 Å². The molecule has 13 aromatic rings. The number of benzene rings is 11. The molecule has 0 aliphatic heterocycles.